The predicted molar refractivity (Wildman–Crippen MR) is 52.1 cm³/mol. The predicted octanol–water partition coefficient (Wildman–Crippen LogP) is 2.24. The van der Waals surface area contributed by atoms with Crippen molar-refractivity contribution in [3.05, 3.63) is 41.5 Å². The zero-order valence-corrected chi connectivity index (χ0v) is 7.58. The molecule has 0 amide bonds. The van der Waals surface area contributed by atoms with Crippen LogP contribution in [0.4, 0.5) is 0 Å². The highest BCUT2D eigenvalue weighted by Crippen LogP contribution is 2.25. The average molecular weight is 176 g/mol. The molecule has 0 aliphatic carbocycles. The molecule has 2 nitrogen and oxygen atoms in total. The Morgan fingerprint density at radius 1 is 1.54 bits per heavy atom. The van der Waals surface area contributed by atoms with Crippen LogP contribution in [-0.4, -0.2) is 11.4 Å². The molecule has 0 aliphatic rings. The van der Waals surface area contributed by atoms with Gasteiger partial charge in [0.2, 0.25) is 0 Å². The van der Waals surface area contributed by atoms with Crippen LogP contribution in [0.25, 0.3) is 0 Å². The van der Waals surface area contributed by atoms with E-state index in [4.69, 9.17) is 0 Å². The fourth-order valence-electron chi connectivity index (χ4n) is 1.25. The number of hydrogen-bond donors (Lipinski definition) is 1. The van der Waals surface area contributed by atoms with Crippen molar-refractivity contribution in [2.75, 3.05) is 0 Å². The molecular formula is C11H12O2. The number of benzene rings is 1. The molecule has 2 heteroatoms. The number of carbonyl (C=O) groups excluding carboxylic acids is 1. The Bertz CT molecular complexity index is 340. The van der Waals surface area contributed by atoms with E-state index in [2.05, 4.69) is 6.58 Å². The molecule has 0 heterocycles. The third-order valence-electron chi connectivity index (χ3n) is 2.02. The molecule has 68 valence electrons. The molecule has 0 saturated heterocycles. The summed E-state index contributed by atoms with van der Waals surface area (Å²) >= 11 is 0. The van der Waals surface area contributed by atoms with Gasteiger partial charge in [-0.1, -0.05) is 12.1 Å². The van der Waals surface area contributed by atoms with Crippen molar-refractivity contribution in [2.24, 2.45) is 0 Å². The zero-order chi connectivity index (χ0) is 9.84. The number of aldehydes is 1. The number of carbonyl (C=O) groups is 1. The summed E-state index contributed by atoms with van der Waals surface area (Å²) in [7, 11) is 0. The minimum atomic E-state index is 0.0786. The summed E-state index contributed by atoms with van der Waals surface area (Å²) < 4.78 is 0. The second-order valence-electron chi connectivity index (χ2n) is 2.91. The highest BCUT2D eigenvalue weighted by Gasteiger charge is 2.07. The molecule has 0 spiro atoms. The summed E-state index contributed by atoms with van der Waals surface area (Å²) in [6.45, 7) is 5.49. The van der Waals surface area contributed by atoms with Gasteiger partial charge in [0.05, 0.1) is 5.56 Å². The summed E-state index contributed by atoms with van der Waals surface area (Å²) in [5.41, 5.74) is 2.09. The molecular weight excluding hydrogens is 164 g/mol. The van der Waals surface area contributed by atoms with Crippen molar-refractivity contribution < 1.29 is 9.90 Å². The van der Waals surface area contributed by atoms with Crippen LogP contribution in [0.1, 0.15) is 21.5 Å². The van der Waals surface area contributed by atoms with Crippen LogP contribution < -0.4 is 0 Å². The molecule has 13 heavy (non-hydrogen) atoms. The number of allylic oxidation sites excluding steroid dienone is 1. The topological polar surface area (TPSA) is 37.3 Å². The summed E-state index contributed by atoms with van der Waals surface area (Å²) in [6.07, 6.45) is 2.94. The molecule has 1 aromatic carbocycles. The third-order valence-corrected chi connectivity index (χ3v) is 2.02. The first kappa shape index (κ1) is 9.52. The molecule has 1 rings (SSSR count). The van der Waals surface area contributed by atoms with Crippen molar-refractivity contribution >= 4 is 6.29 Å². The molecule has 0 saturated carbocycles. The molecule has 0 unspecified atom stereocenters. The lowest BCUT2D eigenvalue weighted by Gasteiger charge is -2.07. The lowest BCUT2D eigenvalue weighted by molar-refractivity contribution is 0.112. The number of rotatable bonds is 3. The quantitative estimate of drug-likeness (QED) is 0.566. The van der Waals surface area contributed by atoms with Crippen LogP contribution in [0.15, 0.2) is 24.8 Å². The van der Waals surface area contributed by atoms with Crippen LogP contribution in [0.3, 0.4) is 0 Å². The van der Waals surface area contributed by atoms with E-state index in [-0.39, 0.29) is 5.75 Å². The Balaban J connectivity index is 3.28. The molecule has 0 fully saturated rings. The minimum Gasteiger partial charge on any atom is -0.507 e. The molecule has 0 radical (unpaired) electrons. The Kier molecular flexibility index (Phi) is 2.85. The molecule has 1 aromatic rings. The van der Waals surface area contributed by atoms with Crippen LogP contribution >= 0.6 is 0 Å². The van der Waals surface area contributed by atoms with Crippen LogP contribution in [0, 0.1) is 6.92 Å². The third kappa shape index (κ3) is 1.78. The monoisotopic (exact) mass is 176 g/mol. The van der Waals surface area contributed by atoms with E-state index in [1.54, 1.807) is 12.1 Å². The largest absolute Gasteiger partial charge is 0.507 e. The van der Waals surface area contributed by atoms with Gasteiger partial charge in [-0.2, -0.15) is 0 Å². The van der Waals surface area contributed by atoms with Gasteiger partial charge in [0, 0.05) is 5.56 Å². The number of aromatic hydroxyl groups is 1. The van der Waals surface area contributed by atoms with E-state index < -0.39 is 0 Å². The number of hydrogen-bond acceptors (Lipinski definition) is 2. The number of aryl methyl sites for hydroxylation is 1. The minimum absolute atomic E-state index is 0.0786. The average Bonchev–Trinajstić information content (AvgIpc) is 2.12. The van der Waals surface area contributed by atoms with Gasteiger partial charge >= 0.3 is 0 Å². The summed E-state index contributed by atoms with van der Waals surface area (Å²) in [4.78, 5) is 10.5. The molecule has 0 aromatic heterocycles. The highest BCUT2D eigenvalue weighted by atomic mass is 16.3. The fourth-order valence-corrected chi connectivity index (χ4v) is 1.25. The second kappa shape index (κ2) is 3.90. The SMILES string of the molecule is C=CCc1c(C)ccc(C=O)c1O. The van der Waals surface area contributed by atoms with Gasteiger partial charge in [-0.05, 0) is 25.0 Å². The molecule has 1 N–H and O–H groups in total. The lowest BCUT2D eigenvalue weighted by Crippen LogP contribution is -1.92. The van der Waals surface area contributed by atoms with E-state index in [0.717, 1.165) is 11.1 Å². The van der Waals surface area contributed by atoms with Gasteiger partial charge < -0.3 is 5.11 Å². The van der Waals surface area contributed by atoms with E-state index in [1.807, 2.05) is 13.0 Å². The fraction of sp³-hybridized carbons (Fsp3) is 0.182. The van der Waals surface area contributed by atoms with Crippen molar-refractivity contribution in [1.82, 2.24) is 0 Å². The van der Waals surface area contributed by atoms with Crippen molar-refractivity contribution in [2.45, 2.75) is 13.3 Å². The molecule has 0 aliphatic heterocycles. The van der Waals surface area contributed by atoms with Crippen LogP contribution in [0.2, 0.25) is 0 Å². The van der Waals surface area contributed by atoms with Gasteiger partial charge in [-0.3, -0.25) is 4.79 Å². The van der Waals surface area contributed by atoms with E-state index in [9.17, 15) is 9.90 Å². The zero-order valence-electron chi connectivity index (χ0n) is 7.58. The first-order valence-corrected chi connectivity index (χ1v) is 4.08. The Morgan fingerprint density at radius 3 is 2.77 bits per heavy atom. The van der Waals surface area contributed by atoms with Crippen molar-refractivity contribution in [3.8, 4) is 5.75 Å². The number of phenolic OH excluding ortho intramolecular Hbond substituents is 1. The maximum absolute atomic E-state index is 10.5. The summed E-state index contributed by atoms with van der Waals surface area (Å²) in [5, 5.41) is 9.62. The van der Waals surface area contributed by atoms with Crippen LogP contribution in [-0.2, 0) is 6.42 Å². The lowest BCUT2D eigenvalue weighted by atomic mass is 10.0. The highest BCUT2D eigenvalue weighted by molar-refractivity contribution is 5.80. The molecule has 0 atom stereocenters. The maximum Gasteiger partial charge on any atom is 0.153 e. The van der Waals surface area contributed by atoms with Crippen LogP contribution in [0.5, 0.6) is 5.75 Å². The Labute approximate surface area is 77.5 Å². The first-order valence-electron chi connectivity index (χ1n) is 4.08. The van der Waals surface area contributed by atoms with Gasteiger partial charge in [0.25, 0.3) is 0 Å². The van der Waals surface area contributed by atoms with Gasteiger partial charge in [0.1, 0.15) is 5.75 Å². The van der Waals surface area contributed by atoms with Gasteiger partial charge in [-0.15, -0.1) is 6.58 Å². The standard InChI is InChI=1S/C11H12O2/c1-3-4-10-8(2)5-6-9(7-12)11(10)13/h3,5-7,13H,1,4H2,2H3. The van der Waals surface area contributed by atoms with Gasteiger partial charge in [-0.25, -0.2) is 0 Å². The van der Waals surface area contributed by atoms with Crippen molar-refractivity contribution in [3.63, 3.8) is 0 Å². The normalized spacial score (nSPS) is 9.62. The smallest absolute Gasteiger partial charge is 0.153 e. The first-order chi connectivity index (χ1) is 6.20. The maximum atomic E-state index is 10.5. The second-order valence-corrected chi connectivity index (χ2v) is 2.91. The summed E-state index contributed by atoms with van der Waals surface area (Å²) in [6, 6.07) is 3.44. The van der Waals surface area contributed by atoms with E-state index in [1.165, 1.54) is 0 Å². The number of phenols is 1. The van der Waals surface area contributed by atoms with Gasteiger partial charge in [0.15, 0.2) is 6.29 Å². The van der Waals surface area contributed by atoms with E-state index >= 15 is 0 Å². The Hall–Kier alpha value is -1.57. The van der Waals surface area contributed by atoms with E-state index in [0.29, 0.717) is 18.3 Å². The van der Waals surface area contributed by atoms with Crippen molar-refractivity contribution in [1.29, 1.82) is 0 Å². The summed E-state index contributed by atoms with van der Waals surface area (Å²) in [5.74, 6) is 0.0786. The Morgan fingerprint density at radius 2 is 2.23 bits per heavy atom. The molecule has 0 bridgehead atoms.